The quantitative estimate of drug-likeness (QED) is 0.623. The maximum absolute atomic E-state index is 12.8. The molecule has 1 rings (SSSR count). The molecular weight excluding hydrogens is 181 g/mol. The zero-order valence-electron chi connectivity index (χ0n) is 6.79. The van der Waals surface area contributed by atoms with Gasteiger partial charge in [-0.25, -0.2) is 4.39 Å². The highest BCUT2D eigenvalue weighted by molar-refractivity contribution is 6.58. The van der Waals surface area contributed by atoms with Crippen molar-refractivity contribution in [2.45, 2.75) is 0 Å². The second-order valence-corrected chi connectivity index (χ2v) is 2.39. The molecule has 0 saturated carbocycles. The molecule has 1 aromatic rings. The van der Waals surface area contributed by atoms with Gasteiger partial charge in [-0.2, -0.15) is 4.39 Å². The third-order valence-electron chi connectivity index (χ3n) is 1.54. The van der Waals surface area contributed by atoms with Gasteiger partial charge in [0.1, 0.15) is 0 Å². The first-order valence-corrected chi connectivity index (χ1v) is 3.45. The molecule has 0 aliphatic heterocycles. The first-order chi connectivity index (χ1) is 6.06. The van der Waals surface area contributed by atoms with Gasteiger partial charge in [-0.3, -0.25) is 0 Å². The van der Waals surface area contributed by atoms with E-state index >= 15 is 0 Å². The third kappa shape index (κ3) is 1.96. The second-order valence-electron chi connectivity index (χ2n) is 2.39. The summed E-state index contributed by atoms with van der Waals surface area (Å²) < 4.78 is 30.0. The maximum Gasteiger partial charge on any atom is 0.488 e. The number of ether oxygens (including phenoxy) is 1. The highest BCUT2D eigenvalue weighted by Crippen LogP contribution is 2.17. The van der Waals surface area contributed by atoms with Gasteiger partial charge in [0, 0.05) is 0 Å². The van der Waals surface area contributed by atoms with E-state index in [2.05, 4.69) is 4.74 Å². The van der Waals surface area contributed by atoms with E-state index in [1.54, 1.807) is 0 Å². The molecule has 70 valence electrons. The molecule has 0 saturated heterocycles. The average molecular weight is 188 g/mol. The van der Waals surface area contributed by atoms with Crippen LogP contribution in [0.5, 0.6) is 5.75 Å². The van der Waals surface area contributed by atoms with Crippen LogP contribution in [0.25, 0.3) is 0 Å². The molecule has 2 N–H and O–H groups in total. The number of halogens is 2. The Labute approximate surface area is 73.7 Å². The van der Waals surface area contributed by atoms with Gasteiger partial charge in [0.05, 0.1) is 7.11 Å². The summed E-state index contributed by atoms with van der Waals surface area (Å²) in [6.45, 7) is 0. The molecule has 0 fully saturated rings. The van der Waals surface area contributed by atoms with Crippen LogP contribution in [0.2, 0.25) is 0 Å². The van der Waals surface area contributed by atoms with Crippen molar-refractivity contribution in [3.63, 3.8) is 0 Å². The SMILES string of the molecule is COc1cc(B(O)O)cc(F)c1F. The van der Waals surface area contributed by atoms with Crippen LogP contribution in [-0.4, -0.2) is 24.3 Å². The van der Waals surface area contributed by atoms with Crippen molar-refractivity contribution in [2.24, 2.45) is 0 Å². The van der Waals surface area contributed by atoms with E-state index < -0.39 is 18.8 Å². The fourth-order valence-electron chi connectivity index (χ4n) is 0.881. The van der Waals surface area contributed by atoms with E-state index in [0.717, 1.165) is 13.2 Å². The molecule has 0 heterocycles. The monoisotopic (exact) mass is 188 g/mol. The predicted octanol–water partition coefficient (Wildman–Crippen LogP) is -0.347. The normalized spacial score (nSPS) is 9.92. The fourth-order valence-corrected chi connectivity index (χ4v) is 0.881. The lowest BCUT2D eigenvalue weighted by molar-refractivity contribution is 0.371. The molecule has 0 atom stereocenters. The predicted molar refractivity (Wildman–Crippen MR) is 42.7 cm³/mol. The second kappa shape index (κ2) is 3.72. The molecule has 0 amide bonds. The van der Waals surface area contributed by atoms with Crippen LogP contribution in [0.1, 0.15) is 0 Å². The topological polar surface area (TPSA) is 49.7 Å². The van der Waals surface area contributed by atoms with Gasteiger partial charge in [0.15, 0.2) is 11.6 Å². The van der Waals surface area contributed by atoms with Crippen molar-refractivity contribution in [3.05, 3.63) is 23.8 Å². The van der Waals surface area contributed by atoms with E-state index in [0.29, 0.717) is 6.07 Å². The summed E-state index contributed by atoms with van der Waals surface area (Å²) in [5.74, 6) is -2.68. The zero-order valence-corrected chi connectivity index (χ0v) is 6.79. The Hall–Kier alpha value is -1.14. The molecule has 0 aromatic heterocycles. The van der Waals surface area contributed by atoms with Crippen LogP contribution in [0.3, 0.4) is 0 Å². The van der Waals surface area contributed by atoms with Crippen LogP contribution in [0.4, 0.5) is 8.78 Å². The first-order valence-electron chi connectivity index (χ1n) is 3.45. The number of hydrogen-bond acceptors (Lipinski definition) is 3. The lowest BCUT2D eigenvalue weighted by Gasteiger charge is -2.05. The molecule has 0 aliphatic carbocycles. The minimum Gasteiger partial charge on any atom is -0.494 e. The minimum absolute atomic E-state index is 0.157. The van der Waals surface area contributed by atoms with Crippen molar-refractivity contribution >= 4 is 12.6 Å². The van der Waals surface area contributed by atoms with Gasteiger partial charge in [0.2, 0.25) is 5.82 Å². The number of benzene rings is 1. The van der Waals surface area contributed by atoms with Crippen LogP contribution in [-0.2, 0) is 0 Å². The molecule has 1 aromatic carbocycles. The molecule has 0 aliphatic rings. The van der Waals surface area contributed by atoms with Crippen LogP contribution >= 0.6 is 0 Å². The van der Waals surface area contributed by atoms with Crippen molar-refractivity contribution in [3.8, 4) is 5.75 Å². The van der Waals surface area contributed by atoms with Gasteiger partial charge >= 0.3 is 7.12 Å². The van der Waals surface area contributed by atoms with Crippen molar-refractivity contribution in [1.29, 1.82) is 0 Å². The Bertz CT molecular complexity index is 317. The molecule has 0 spiro atoms. The van der Waals surface area contributed by atoms with E-state index in [1.165, 1.54) is 0 Å². The smallest absolute Gasteiger partial charge is 0.488 e. The van der Waals surface area contributed by atoms with Crippen molar-refractivity contribution in [2.75, 3.05) is 7.11 Å². The largest absolute Gasteiger partial charge is 0.494 e. The fraction of sp³-hybridized carbons (Fsp3) is 0.143. The van der Waals surface area contributed by atoms with E-state index in [9.17, 15) is 8.78 Å². The zero-order chi connectivity index (χ0) is 10.0. The number of hydrogen-bond donors (Lipinski definition) is 2. The molecule has 13 heavy (non-hydrogen) atoms. The highest BCUT2D eigenvalue weighted by atomic mass is 19.2. The molecule has 0 unspecified atom stereocenters. The van der Waals surface area contributed by atoms with Gasteiger partial charge in [-0.1, -0.05) is 0 Å². The van der Waals surface area contributed by atoms with Crippen molar-refractivity contribution in [1.82, 2.24) is 0 Å². The summed E-state index contributed by atoms with van der Waals surface area (Å²) in [5, 5.41) is 17.3. The number of methoxy groups -OCH3 is 1. The Morgan fingerprint density at radius 2 is 1.92 bits per heavy atom. The van der Waals surface area contributed by atoms with E-state index in [-0.39, 0.29) is 11.2 Å². The lowest BCUT2D eigenvalue weighted by Crippen LogP contribution is -2.30. The molecule has 3 nitrogen and oxygen atoms in total. The van der Waals surface area contributed by atoms with Gasteiger partial charge < -0.3 is 14.8 Å². The molecule has 6 heteroatoms. The third-order valence-corrected chi connectivity index (χ3v) is 1.54. The summed E-state index contributed by atoms with van der Waals surface area (Å²) in [5.41, 5.74) is -0.157. The van der Waals surface area contributed by atoms with Crippen molar-refractivity contribution < 1.29 is 23.6 Å². The lowest BCUT2D eigenvalue weighted by atomic mass is 9.80. The average Bonchev–Trinajstić information content (AvgIpc) is 2.09. The number of rotatable bonds is 2. The minimum atomic E-state index is -1.84. The molecule has 0 bridgehead atoms. The molecular formula is C7H7BF2O3. The van der Waals surface area contributed by atoms with Gasteiger partial charge in [0.25, 0.3) is 0 Å². The Morgan fingerprint density at radius 3 is 2.38 bits per heavy atom. The van der Waals surface area contributed by atoms with Crippen LogP contribution in [0, 0.1) is 11.6 Å². The summed E-state index contributed by atoms with van der Waals surface area (Å²) in [4.78, 5) is 0. The van der Waals surface area contributed by atoms with Crippen LogP contribution < -0.4 is 10.2 Å². The van der Waals surface area contributed by atoms with Crippen LogP contribution in [0.15, 0.2) is 12.1 Å². The highest BCUT2D eigenvalue weighted by Gasteiger charge is 2.17. The standard InChI is InChI=1S/C7H7BF2O3/c1-13-6-3-4(8(11)12)2-5(9)7(6)10/h2-3,11-12H,1H3. The van der Waals surface area contributed by atoms with Gasteiger partial charge in [-0.05, 0) is 17.6 Å². The maximum atomic E-state index is 12.8. The summed E-state index contributed by atoms with van der Waals surface area (Å²) in [6, 6.07) is 1.71. The van der Waals surface area contributed by atoms with Gasteiger partial charge in [-0.15, -0.1) is 0 Å². The summed E-state index contributed by atoms with van der Waals surface area (Å²) >= 11 is 0. The van der Waals surface area contributed by atoms with E-state index in [4.69, 9.17) is 10.0 Å². The summed E-state index contributed by atoms with van der Waals surface area (Å²) in [6.07, 6.45) is 0. The Morgan fingerprint density at radius 1 is 1.31 bits per heavy atom. The Balaban J connectivity index is 3.22. The van der Waals surface area contributed by atoms with E-state index in [1.807, 2.05) is 0 Å². The molecule has 0 radical (unpaired) electrons. The Kier molecular flexibility index (Phi) is 2.85. The first kappa shape index (κ1) is 9.95. The summed E-state index contributed by atoms with van der Waals surface area (Å²) in [7, 11) is -0.685.